The smallest absolute Gasteiger partial charge is 0.220 e. The van der Waals surface area contributed by atoms with Gasteiger partial charge in [-0.05, 0) is 89.9 Å². The molecule has 6 heteroatoms. The van der Waals surface area contributed by atoms with E-state index in [-0.39, 0.29) is 17.9 Å². The van der Waals surface area contributed by atoms with Crippen molar-refractivity contribution in [1.82, 2.24) is 20.9 Å². The lowest BCUT2D eigenvalue weighted by molar-refractivity contribution is -0.121. The van der Waals surface area contributed by atoms with Crippen LogP contribution in [0, 0.1) is 0 Å². The molecule has 1 aliphatic heterocycles. The third-order valence-corrected chi connectivity index (χ3v) is 9.01. The zero-order valence-electron chi connectivity index (χ0n) is 35.8. The quantitative estimate of drug-likeness (QED) is 0.0580. The summed E-state index contributed by atoms with van der Waals surface area (Å²) in [5, 5.41) is 9.64. The van der Waals surface area contributed by atoms with E-state index in [1.807, 2.05) is 0 Å². The fourth-order valence-corrected chi connectivity index (χ4v) is 5.73. The molecule has 1 saturated heterocycles. The maximum absolute atomic E-state index is 12.6. The van der Waals surface area contributed by atoms with Crippen molar-refractivity contribution in [2.45, 2.75) is 123 Å². The summed E-state index contributed by atoms with van der Waals surface area (Å²) >= 11 is 0. The summed E-state index contributed by atoms with van der Waals surface area (Å²) in [7, 11) is 0. The largest absolute Gasteiger partial charge is 0.354 e. The maximum atomic E-state index is 12.6. The van der Waals surface area contributed by atoms with Crippen LogP contribution in [0.4, 0.5) is 0 Å². The molecule has 57 heavy (non-hydrogen) atoms. The van der Waals surface area contributed by atoms with Gasteiger partial charge in [-0.25, -0.2) is 0 Å². The molecule has 0 atom stereocenters. The standard InChI is InChI=1S/C51H78N4O2/c1-3-5-7-9-11-13-15-17-19-21-23-25-27-29-31-33-35-37-39-41-50(56)53-47-49(55-45-43-52-44-46-55)48-54-51(57)42-40-38-36-34-32-30-28-26-24-22-20-18-16-14-12-10-8-6-4-2/h5-8,11-14,17-20,23-26,29-32,35-38,49,52H,3-4,9-10,15-16,21-22,27-28,33-34,39-48H2,1-2H3,(H,53,56)(H,54,57)/b7-5-,8-6-,13-11-,14-12-,19-17-,20-18-,25-23-,26-24-,31-29-,32-30-,37-35-,38-36-. The average Bonchev–Trinajstić information content (AvgIpc) is 3.22. The Bertz CT molecular complexity index is 1250. The molecular weight excluding hydrogens is 701 g/mol. The molecule has 1 rings (SSSR count). The van der Waals surface area contributed by atoms with Gasteiger partial charge in [-0.3, -0.25) is 14.5 Å². The van der Waals surface area contributed by atoms with Crippen LogP contribution >= 0.6 is 0 Å². The average molecular weight is 779 g/mol. The van der Waals surface area contributed by atoms with Gasteiger partial charge in [-0.15, -0.1) is 0 Å². The van der Waals surface area contributed by atoms with Gasteiger partial charge in [0.15, 0.2) is 0 Å². The van der Waals surface area contributed by atoms with Crippen molar-refractivity contribution < 1.29 is 9.59 Å². The number of rotatable bonds is 33. The summed E-state index contributed by atoms with van der Waals surface area (Å²) in [6.45, 7) is 9.05. The van der Waals surface area contributed by atoms with E-state index >= 15 is 0 Å². The molecule has 0 aromatic rings. The van der Waals surface area contributed by atoms with E-state index in [9.17, 15) is 9.59 Å². The summed E-state index contributed by atoms with van der Waals surface area (Å²) in [4.78, 5) is 27.6. The SMILES string of the molecule is CC/C=C\C/C=C\C/C=C\C/C=C\C/C=C\C/C=C\CCC(=O)NCC(CNC(=O)CC/C=C\C/C=C\C/C=C\C/C=C\C/C=C\C/C=C\CC)N1CCNCC1. The molecule has 0 bridgehead atoms. The predicted molar refractivity (Wildman–Crippen MR) is 249 cm³/mol. The zero-order valence-corrected chi connectivity index (χ0v) is 35.8. The van der Waals surface area contributed by atoms with Gasteiger partial charge in [0.25, 0.3) is 0 Å². The fraction of sp³-hybridized carbons (Fsp3) is 0.490. The second kappa shape index (κ2) is 41.4. The summed E-state index contributed by atoms with van der Waals surface area (Å²) in [5.41, 5.74) is 0. The van der Waals surface area contributed by atoms with Crippen molar-refractivity contribution in [2.24, 2.45) is 0 Å². The molecule has 314 valence electrons. The van der Waals surface area contributed by atoms with Crippen LogP contribution in [0.1, 0.15) is 117 Å². The molecule has 0 aliphatic carbocycles. The number of carbonyl (C=O) groups is 2. The summed E-state index contributed by atoms with van der Waals surface area (Å²) in [6, 6.07) is 0.0803. The van der Waals surface area contributed by atoms with E-state index in [1.54, 1.807) is 0 Å². The molecule has 1 aliphatic rings. The molecule has 2 amide bonds. The van der Waals surface area contributed by atoms with E-state index in [2.05, 4.69) is 181 Å². The zero-order chi connectivity index (χ0) is 41.0. The minimum absolute atomic E-state index is 0.0543. The number of piperazine rings is 1. The Hall–Kier alpha value is -4.26. The summed E-state index contributed by atoms with van der Waals surface area (Å²) < 4.78 is 0. The van der Waals surface area contributed by atoms with Crippen LogP contribution < -0.4 is 16.0 Å². The highest BCUT2D eigenvalue weighted by atomic mass is 16.2. The van der Waals surface area contributed by atoms with Crippen LogP contribution in [0.15, 0.2) is 146 Å². The van der Waals surface area contributed by atoms with Gasteiger partial charge in [0.1, 0.15) is 0 Å². The van der Waals surface area contributed by atoms with Gasteiger partial charge in [0, 0.05) is 58.2 Å². The first kappa shape index (κ1) is 50.8. The second-order valence-electron chi connectivity index (χ2n) is 14.0. The van der Waals surface area contributed by atoms with Gasteiger partial charge in [-0.1, -0.05) is 160 Å². The molecule has 3 N–H and O–H groups in total. The highest BCUT2D eigenvalue weighted by Gasteiger charge is 2.21. The van der Waals surface area contributed by atoms with Gasteiger partial charge in [0.2, 0.25) is 11.8 Å². The van der Waals surface area contributed by atoms with Crippen molar-refractivity contribution in [2.75, 3.05) is 39.3 Å². The first-order chi connectivity index (χ1) is 28.2. The van der Waals surface area contributed by atoms with E-state index in [0.29, 0.717) is 25.9 Å². The van der Waals surface area contributed by atoms with Crippen LogP contribution in [0.25, 0.3) is 0 Å². The molecule has 0 saturated carbocycles. The first-order valence-corrected chi connectivity index (χ1v) is 21.9. The number of hydrogen-bond donors (Lipinski definition) is 3. The van der Waals surface area contributed by atoms with Crippen molar-refractivity contribution in [1.29, 1.82) is 0 Å². The number of nitrogens with one attached hydrogen (secondary N) is 3. The minimum atomic E-state index is 0.0543. The predicted octanol–water partition coefficient (Wildman–Crippen LogP) is 11.4. The minimum Gasteiger partial charge on any atom is -0.354 e. The Morgan fingerprint density at radius 3 is 0.982 bits per heavy atom. The highest BCUT2D eigenvalue weighted by Crippen LogP contribution is 2.04. The van der Waals surface area contributed by atoms with Gasteiger partial charge in [-0.2, -0.15) is 0 Å². The van der Waals surface area contributed by atoms with Crippen molar-refractivity contribution >= 4 is 11.8 Å². The molecule has 0 spiro atoms. The molecule has 6 nitrogen and oxygen atoms in total. The molecule has 1 fully saturated rings. The van der Waals surface area contributed by atoms with Crippen molar-refractivity contribution in [3.8, 4) is 0 Å². The number of carbonyl (C=O) groups excluding carboxylic acids is 2. The summed E-state index contributed by atoms with van der Waals surface area (Å²) in [5.74, 6) is 0.109. The van der Waals surface area contributed by atoms with Gasteiger partial charge >= 0.3 is 0 Å². The number of amides is 2. The second-order valence-corrected chi connectivity index (χ2v) is 14.0. The lowest BCUT2D eigenvalue weighted by Gasteiger charge is -2.35. The Kier molecular flexibility index (Phi) is 36.8. The molecule has 0 radical (unpaired) electrons. The van der Waals surface area contributed by atoms with Crippen LogP contribution in [0.3, 0.4) is 0 Å². The highest BCUT2D eigenvalue weighted by molar-refractivity contribution is 5.76. The van der Waals surface area contributed by atoms with Crippen LogP contribution in [0.5, 0.6) is 0 Å². The lowest BCUT2D eigenvalue weighted by atomic mass is 10.2. The molecule has 0 aromatic heterocycles. The normalized spacial score (nSPS) is 15.1. The molecule has 0 unspecified atom stereocenters. The topological polar surface area (TPSA) is 73.5 Å². The maximum Gasteiger partial charge on any atom is 0.220 e. The first-order valence-electron chi connectivity index (χ1n) is 21.9. The van der Waals surface area contributed by atoms with Crippen LogP contribution in [-0.4, -0.2) is 62.0 Å². The Morgan fingerprint density at radius 2 is 0.702 bits per heavy atom. The lowest BCUT2D eigenvalue weighted by Crippen LogP contribution is -2.55. The number of allylic oxidation sites excluding steroid dienone is 24. The van der Waals surface area contributed by atoms with Crippen molar-refractivity contribution in [3.63, 3.8) is 0 Å². The third-order valence-electron chi connectivity index (χ3n) is 9.01. The Balaban J connectivity index is 2.19. The number of hydrogen-bond acceptors (Lipinski definition) is 4. The third kappa shape index (κ3) is 35.9. The van der Waals surface area contributed by atoms with E-state index in [4.69, 9.17) is 0 Å². The molecule has 1 heterocycles. The van der Waals surface area contributed by atoms with Crippen LogP contribution in [-0.2, 0) is 9.59 Å². The monoisotopic (exact) mass is 779 g/mol. The Labute approximate surface area is 348 Å². The molecule has 0 aromatic carbocycles. The van der Waals surface area contributed by atoms with Crippen LogP contribution in [0.2, 0.25) is 0 Å². The van der Waals surface area contributed by atoms with E-state index in [0.717, 1.165) is 116 Å². The Morgan fingerprint density at radius 1 is 0.439 bits per heavy atom. The summed E-state index contributed by atoms with van der Waals surface area (Å²) in [6.07, 6.45) is 66.7. The van der Waals surface area contributed by atoms with Crippen molar-refractivity contribution in [3.05, 3.63) is 146 Å². The fourth-order valence-electron chi connectivity index (χ4n) is 5.73. The number of nitrogens with zero attached hydrogens (tertiary/aromatic N) is 1. The van der Waals surface area contributed by atoms with E-state index in [1.165, 1.54) is 0 Å². The molecular formula is C51H78N4O2. The van der Waals surface area contributed by atoms with Gasteiger partial charge < -0.3 is 16.0 Å². The van der Waals surface area contributed by atoms with E-state index < -0.39 is 0 Å². The van der Waals surface area contributed by atoms with Gasteiger partial charge in [0.05, 0.1) is 0 Å².